The van der Waals surface area contributed by atoms with Gasteiger partial charge in [0.25, 0.3) is 0 Å². The van der Waals surface area contributed by atoms with Crippen LogP contribution in [0.5, 0.6) is 0 Å². The van der Waals surface area contributed by atoms with E-state index in [2.05, 4.69) is 10.6 Å². The number of nitrogens with one attached hydrogen (secondary N) is 2. The molecule has 0 bridgehead atoms. The van der Waals surface area contributed by atoms with E-state index in [9.17, 15) is 9.59 Å². The summed E-state index contributed by atoms with van der Waals surface area (Å²) >= 11 is 0. The van der Waals surface area contributed by atoms with Gasteiger partial charge in [0.2, 0.25) is 11.8 Å². The van der Waals surface area contributed by atoms with Gasteiger partial charge < -0.3 is 15.7 Å². The molecule has 2 amide bonds. The van der Waals surface area contributed by atoms with E-state index >= 15 is 0 Å². The molecule has 1 aliphatic rings. The lowest BCUT2D eigenvalue weighted by molar-refractivity contribution is -0.121. The van der Waals surface area contributed by atoms with E-state index in [0.717, 1.165) is 24.1 Å². The summed E-state index contributed by atoms with van der Waals surface area (Å²) in [5.41, 5.74) is 1.63. The van der Waals surface area contributed by atoms with Gasteiger partial charge in [0.15, 0.2) is 0 Å². The molecule has 5 nitrogen and oxygen atoms in total. The number of amides is 2. The summed E-state index contributed by atoms with van der Waals surface area (Å²) in [6, 6.07) is 7.02. The van der Waals surface area contributed by atoms with Crippen molar-refractivity contribution in [2.45, 2.75) is 32.2 Å². The monoisotopic (exact) mass is 276 g/mol. The lowest BCUT2D eigenvalue weighted by Crippen LogP contribution is -2.35. The lowest BCUT2D eigenvalue weighted by atomic mass is 10.1. The first-order valence-electron chi connectivity index (χ1n) is 6.88. The molecule has 1 saturated carbocycles. The Kier molecular flexibility index (Phi) is 4.74. The molecule has 1 unspecified atom stereocenters. The number of carbonyl (C=O) groups excluding carboxylic acids is 2. The van der Waals surface area contributed by atoms with Crippen LogP contribution in [0, 0.1) is 5.92 Å². The van der Waals surface area contributed by atoms with Crippen molar-refractivity contribution >= 4 is 17.5 Å². The topological polar surface area (TPSA) is 78.4 Å². The highest BCUT2D eigenvalue weighted by Crippen LogP contribution is 2.30. The average Bonchev–Trinajstić information content (AvgIpc) is 3.25. The van der Waals surface area contributed by atoms with Crippen molar-refractivity contribution in [3.63, 3.8) is 0 Å². The van der Waals surface area contributed by atoms with Crippen molar-refractivity contribution in [1.82, 2.24) is 5.32 Å². The van der Waals surface area contributed by atoms with Gasteiger partial charge in [-0.15, -0.1) is 0 Å². The quantitative estimate of drug-likeness (QED) is 0.727. The molecule has 2 rings (SSSR count). The van der Waals surface area contributed by atoms with Gasteiger partial charge in [-0.25, -0.2) is 0 Å². The second kappa shape index (κ2) is 6.52. The van der Waals surface area contributed by atoms with Crippen molar-refractivity contribution in [1.29, 1.82) is 0 Å². The number of hydrogen-bond acceptors (Lipinski definition) is 3. The molecule has 20 heavy (non-hydrogen) atoms. The Morgan fingerprint density at radius 3 is 2.50 bits per heavy atom. The zero-order chi connectivity index (χ0) is 14.5. The van der Waals surface area contributed by atoms with E-state index in [1.165, 1.54) is 0 Å². The molecule has 108 valence electrons. The van der Waals surface area contributed by atoms with Gasteiger partial charge in [0, 0.05) is 17.6 Å². The second-order valence-electron chi connectivity index (χ2n) is 5.29. The molecule has 0 saturated heterocycles. The molecule has 1 atom stereocenters. The molecule has 1 aromatic carbocycles. The first kappa shape index (κ1) is 14.5. The predicted octanol–water partition coefficient (Wildman–Crippen LogP) is 1.07. The first-order chi connectivity index (χ1) is 9.58. The van der Waals surface area contributed by atoms with E-state index in [0.29, 0.717) is 0 Å². The Balaban J connectivity index is 1.84. The fraction of sp³-hybridized carbons (Fsp3) is 0.467. The SMILES string of the molecule is CC(CO)NC(=O)Cc1ccc(NC(=O)C2CC2)cc1. The number of rotatable bonds is 6. The van der Waals surface area contributed by atoms with Gasteiger partial charge in [-0.2, -0.15) is 0 Å². The molecule has 0 radical (unpaired) electrons. The number of aliphatic hydroxyl groups excluding tert-OH is 1. The average molecular weight is 276 g/mol. The van der Waals surface area contributed by atoms with E-state index in [-0.39, 0.29) is 36.8 Å². The molecule has 1 fully saturated rings. The molecule has 0 aliphatic heterocycles. The molecule has 5 heteroatoms. The van der Waals surface area contributed by atoms with E-state index in [4.69, 9.17) is 5.11 Å². The summed E-state index contributed by atoms with van der Waals surface area (Å²) in [5, 5.41) is 14.4. The molecule has 3 N–H and O–H groups in total. The summed E-state index contributed by atoms with van der Waals surface area (Å²) < 4.78 is 0. The Bertz CT molecular complexity index is 480. The number of hydrogen-bond donors (Lipinski definition) is 3. The molecule has 1 aliphatic carbocycles. The molecular weight excluding hydrogens is 256 g/mol. The lowest BCUT2D eigenvalue weighted by Gasteiger charge is -2.11. The standard InChI is InChI=1S/C15H20N2O3/c1-10(9-18)16-14(19)8-11-2-6-13(7-3-11)17-15(20)12-4-5-12/h2-3,6-7,10,12,18H,4-5,8-9H2,1H3,(H,16,19)(H,17,20). The second-order valence-corrected chi connectivity index (χ2v) is 5.29. The van der Waals surface area contributed by atoms with Crippen LogP contribution in [-0.2, 0) is 16.0 Å². The van der Waals surface area contributed by atoms with Crippen molar-refractivity contribution < 1.29 is 14.7 Å². The van der Waals surface area contributed by atoms with Crippen LogP contribution < -0.4 is 10.6 Å². The fourth-order valence-corrected chi connectivity index (χ4v) is 1.85. The number of anilines is 1. The molecule has 1 aromatic rings. The normalized spacial score (nSPS) is 15.5. The predicted molar refractivity (Wildman–Crippen MR) is 76.2 cm³/mol. The minimum absolute atomic E-state index is 0.0716. The highest BCUT2D eigenvalue weighted by atomic mass is 16.3. The van der Waals surface area contributed by atoms with E-state index < -0.39 is 0 Å². The maximum absolute atomic E-state index is 11.7. The van der Waals surface area contributed by atoms with Crippen molar-refractivity contribution in [2.24, 2.45) is 5.92 Å². The third-order valence-electron chi connectivity index (χ3n) is 3.22. The Morgan fingerprint density at radius 2 is 1.95 bits per heavy atom. The number of carbonyl (C=O) groups is 2. The van der Waals surface area contributed by atoms with Crippen LogP contribution in [0.4, 0.5) is 5.69 Å². The van der Waals surface area contributed by atoms with E-state index in [1.807, 2.05) is 12.1 Å². The zero-order valence-corrected chi connectivity index (χ0v) is 11.6. The molecule has 0 spiro atoms. The summed E-state index contributed by atoms with van der Waals surface area (Å²) in [6.07, 6.45) is 2.22. The van der Waals surface area contributed by atoms with Crippen LogP contribution in [-0.4, -0.2) is 29.6 Å². The van der Waals surface area contributed by atoms with Crippen molar-refractivity contribution in [3.05, 3.63) is 29.8 Å². The minimum atomic E-state index is -0.236. The van der Waals surface area contributed by atoms with Gasteiger partial charge in [0.1, 0.15) is 0 Å². The van der Waals surface area contributed by atoms with Crippen molar-refractivity contribution in [3.8, 4) is 0 Å². The van der Waals surface area contributed by atoms with Crippen LogP contribution in [0.3, 0.4) is 0 Å². The maximum atomic E-state index is 11.7. The molecule has 0 aromatic heterocycles. The van der Waals surface area contributed by atoms with Crippen LogP contribution in [0.1, 0.15) is 25.3 Å². The third kappa shape index (κ3) is 4.35. The Labute approximate surface area is 118 Å². The Hall–Kier alpha value is -1.88. The minimum Gasteiger partial charge on any atom is -0.394 e. The van der Waals surface area contributed by atoms with Crippen LogP contribution in [0.2, 0.25) is 0 Å². The summed E-state index contributed by atoms with van der Waals surface area (Å²) in [5.74, 6) is 0.133. The van der Waals surface area contributed by atoms with Gasteiger partial charge in [-0.3, -0.25) is 9.59 Å². The zero-order valence-electron chi connectivity index (χ0n) is 11.6. The largest absolute Gasteiger partial charge is 0.394 e. The highest BCUT2D eigenvalue weighted by molar-refractivity contribution is 5.94. The van der Waals surface area contributed by atoms with Crippen LogP contribution in [0.25, 0.3) is 0 Å². The highest BCUT2D eigenvalue weighted by Gasteiger charge is 2.29. The fourth-order valence-electron chi connectivity index (χ4n) is 1.85. The summed E-state index contributed by atoms with van der Waals surface area (Å²) in [4.78, 5) is 23.2. The van der Waals surface area contributed by atoms with Gasteiger partial charge in [-0.1, -0.05) is 12.1 Å². The summed E-state index contributed by atoms with van der Waals surface area (Å²) in [7, 11) is 0. The smallest absolute Gasteiger partial charge is 0.227 e. The molecule has 0 heterocycles. The van der Waals surface area contributed by atoms with E-state index in [1.54, 1.807) is 19.1 Å². The molecular formula is C15H20N2O3. The van der Waals surface area contributed by atoms with Gasteiger partial charge in [0.05, 0.1) is 13.0 Å². The van der Waals surface area contributed by atoms with Crippen LogP contribution >= 0.6 is 0 Å². The Morgan fingerprint density at radius 1 is 1.30 bits per heavy atom. The first-order valence-corrected chi connectivity index (χ1v) is 6.88. The van der Waals surface area contributed by atoms with Gasteiger partial charge >= 0.3 is 0 Å². The number of benzene rings is 1. The summed E-state index contributed by atoms with van der Waals surface area (Å²) in [6.45, 7) is 1.67. The van der Waals surface area contributed by atoms with Crippen molar-refractivity contribution in [2.75, 3.05) is 11.9 Å². The maximum Gasteiger partial charge on any atom is 0.227 e. The van der Waals surface area contributed by atoms with Crippen LogP contribution in [0.15, 0.2) is 24.3 Å². The van der Waals surface area contributed by atoms with Gasteiger partial charge in [-0.05, 0) is 37.5 Å². The number of aliphatic hydroxyl groups is 1. The third-order valence-corrected chi connectivity index (χ3v) is 3.22.